The van der Waals surface area contributed by atoms with Crippen molar-refractivity contribution in [3.63, 3.8) is 0 Å². The maximum atomic E-state index is 12.0. The van der Waals surface area contributed by atoms with Crippen LogP contribution < -0.4 is 0 Å². The van der Waals surface area contributed by atoms with Crippen LogP contribution in [0.2, 0.25) is 0 Å². The minimum absolute atomic E-state index is 0.502. The zero-order valence-electron chi connectivity index (χ0n) is 7.48. The Kier molecular flexibility index (Phi) is 4.15. The van der Waals surface area contributed by atoms with Crippen LogP contribution in [0.4, 0.5) is 26.3 Å². The van der Waals surface area contributed by atoms with Crippen molar-refractivity contribution in [1.82, 2.24) is 0 Å². The van der Waals surface area contributed by atoms with E-state index in [1.54, 1.807) is 0 Å². The van der Waals surface area contributed by atoms with Gasteiger partial charge < -0.3 is 9.47 Å². The molecule has 0 saturated heterocycles. The van der Waals surface area contributed by atoms with Crippen molar-refractivity contribution >= 4 is 11.9 Å². The fourth-order valence-corrected chi connectivity index (χ4v) is 0.529. The zero-order chi connectivity index (χ0) is 13.1. The molecule has 0 aliphatic heterocycles. The average molecular weight is 254 g/mol. The highest BCUT2D eigenvalue weighted by molar-refractivity contribution is 5.82. The summed E-state index contributed by atoms with van der Waals surface area (Å²) in [5.74, 6) is -5.27. The van der Waals surface area contributed by atoms with Gasteiger partial charge >= 0.3 is 24.3 Å². The van der Waals surface area contributed by atoms with Gasteiger partial charge in [0.15, 0.2) is 0 Å². The Morgan fingerprint density at radius 3 is 1.75 bits per heavy atom. The van der Waals surface area contributed by atoms with E-state index in [-0.39, 0.29) is 0 Å². The van der Waals surface area contributed by atoms with Crippen LogP contribution in [-0.2, 0) is 19.1 Å². The molecule has 0 aliphatic carbocycles. The number of alkyl halides is 6. The van der Waals surface area contributed by atoms with Crippen LogP contribution in [0.25, 0.3) is 0 Å². The monoisotopic (exact) mass is 254 g/mol. The van der Waals surface area contributed by atoms with Crippen molar-refractivity contribution < 1.29 is 45.4 Å². The predicted molar refractivity (Wildman–Crippen MR) is 34.0 cm³/mol. The molecule has 10 heteroatoms. The second kappa shape index (κ2) is 4.58. The van der Waals surface area contributed by atoms with E-state index in [0.29, 0.717) is 7.11 Å². The van der Waals surface area contributed by atoms with E-state index in [2.05, 4.69) is 9.47 Å². The fourth-order valence-electron chi connectivity index (χ4n) is 0.529. The molecule has 0 aromatic rings. The summed E-state index contributed by atoms with van der Waals surface area (Å²) in [4.78, 5) is 20.5. The summed E-state index contributed by atoms with van der Waals surface area (Å²) in [5, 5.41) is 0. The van der Waals surface area contributed by atoms with Crippen molar-refractivity contribution in [2.24, 2.45) is 0 Å². The van der Waals surface area contributed by atoms with E-state index in [1.165, 1.54) is 0 Å². The van der Waals surface area contributed by atoms with Crippen LogP contribution in [0, 0.1) is 0 Å². The van der Waals surface area contributed by atoms with Crippen LogP contribution in [0.3, 0.4) is 0 Å². The van der Waals surface area contributed by atoms with Gasteiger partial charge in [-0.2, -0.15) is 26.3 Å². The van der Waals surface area contributed by atoms with Gasteiger partial charge in [0.25, 0.3) is 6.10 Å². The van der Waals surface area contributed by atoms with Gasteiger partial charge in [-0.05, 0) is 0 Å². The number of carbonyl (C=O) groups excluding carboxylic acids is 2. The Hall–Kier alpha value is -1.48. The number of rotatable bonds is 2. The predicted octanol–water partition coefficient (Wildman–Crippen LogP) is 1.20. The van der Waals surface area contributed by atoms with Gasteiger partial charge in [0, 0.05) is 0 Å². The average Bonchev–Trinajstić information content (AvgIpc) is 2.09. The van der Waals surface area contributed by atoms with Gasteiger partial charge in [-0.1, -0.05) is 0 Å². The van der Waals surface area contributed by atoms with Crippen molar-refractivity contribution in [2.45, 2.75) is 18.5 Å². The summed E-state index contributed by atoms with van der Waals surface area (Å²) in [6, 6.07) is 0. The first-order valence-electron chi connectivity index (χ1n) is 3.42. The molecule has 0 fully saturated rings. The first kappa shape index (κ1) is 14.5. The molecule has 0 amide bonds. The molecule has 94 valence electrons. The maximum absolute atomic E-state index is 12.0. The molecule has 1 atom stereocenters. The van der Waals surface area contributed by atoms with Crippen LogP contribution in [-0.4, -0.2) is 37.5 Å². The summed E-state index contributed by atoms with van der Waals surface area (Å²) in [7, 11) is 0.502. The quantitative estimate of drug-likeness (QED) is 0.548. The van der Waals surface area contributed by atoms with Crippen molar-refractivity contribution in [3.8, 4) is 0 Å². The van der Waals surface area contributed by atoms with Crippen molar-refractivity contribution in [3.05, 3.63) is 0 Å². The maximum Gasteiger partial charge on any atom is 0.490 e. The molecule has 16 heavy (non-hydrogen) atoms. The van der Waals surface area contributed by atoms with E-state index >= 15 is 0 Å². The van der Waals surface area contributed by atoms with E-state index in [4.69, 9.17) is 0 Å². The van der Waals surface area contributed by atoms with Gasteiger partial charge in [0.2, 0.25) is 0 Å². The molecular formula is C6H4F6O4. The highest BCUT2D eigenvalue weighted by Gasteiger charge is 2.53. The molecule has 0 N–H and O–H groups in total. The Morgan fingerprint density at radius 1 is 1.06 bits per heavy atom. The van der Waals surface area contributed by atoms with E-state index in [0.717, 1.165) is 0 Å². The standard InChI is InChI=1S/C6H4F6O4/c1-15-3(13)2(5(7,8)9)16-4(14)6(10,11)12/h2H,1H3. The number of ether oxygens (including phenoxy) is 2. The Labute approximate surface area is 84.1 Å². The second-order valence-corrected chi connectivity index (χ2v) is 2.35. The van der Waals surface area contributed by atoms with Crippen LogP contribution in [0.1, 0.15) is 0 Å². The number of carbonyl (C=O) groups is 2. The molecule has 1 unspecified atom stereocenters. The minimum Gasteiger partial charge on any atom is -0.466 e. The molecular weight excluding hydrogens is 250 g/mol. The van der Waals surface area contributed by atoms with Gasteiger partial charge in [0.1, 0.15) is 0 Å². The fraction of sp³-hybridized carbons (Fsp3) is 0.667. The number of halogens is 6. The largest absolute Gasteiger partial charge is 0.490 e. The van der Waals surface area contributed by atoms with Gasteiger partial charge in [0.05, 0.1) is 7.11 Å². The molecule has 0 heterocycles. The smallest absolute Gasteiger partial charge is 0.466 e. The summed E-state index contributed by atoms with van der Waals surface area (Å²) in [5.41, 5.74) is 0. The summed E-state index contributed by atoms with van der Waals surface area (Å²) in [6.45, 7) is 0. The van der Waals surface area contributed by atoms with Gasteiger partial charge in [-0.3, -0.25) is 0 Å². The number of esters is 2. The molecule has 0 aromatic heterocycles. The van der Waals surface area contributed by atoms with E-state index in [1.807, 2.05) is 0 Å². The lowest BCUT2D eigenvalue weighted by atomic mass is 10.3. The first-order chi connectivity index (χ1) is 7.00. The second-order valence-electron chi connectivity index (χ2n) is 2.35. The zero-order valence-corrected chi connectivity index (χ0v) is 7.48. The molecule has 0 rings (SSSR count). The normalized spacial score (nSPS) is 14.2. The lowest BCUT2D eigenvalue weighted by Crippen LogP contribution is -2.44. The lowest BCUT2D eigenvalue weighted by molar-refractivity contribution is -0.247. The summed E-state index contributed by atoms with van der Waals surface area (Å²) < 4.78 is 77.1. The number of hydrogen-bond acceptors (Lipinski definition) is 4. The summed E-state index contributed by atoms with van der Waals surface area (Å²) >= 11 is 0. The highest BCUT2D eigenvalue weighted by atomic mass is 19.4. The van der Waals surface area contributed by atoms with E-state index in [9.17, 15) is 35.9 Å². The minimum atomic E-state index is -5.63. The SMILES string of the molecule is COC(=O)C(OC(=O)C(F)(F)F)C(F)(F)F. The highest BCUT2D eigenvalue weighted by Crippen LogP contribution is 2.27. The molecule has 0 aliphatic rings. The van der Waals surface area contributed by atoms with Crippen molar-refractivity contribution in [1.29, 1.82) is 0 Å². The van der Waals surface area contributed by atoms with E-state index < -0.39 is 30.4 Å². The number of hydrogen-bond donors (Lipinski definition) is 0. The molecule has 0 spiro atoms. The van der Waals surface area contributed by atoms with Gasteiger partial charge in [-0.15, -0.1) is 0 Å². The van der Waals surface area contributed by atoms with Crippen LogP contribution >= 0.6 is 0 Å². The van der Waals surface area contributed by atoms with Crippen LogP contribution in [0.15, 0.2) is 0 Å². The summed E-state index contributed by atoms with van der Waals surface area (Å²) in [6.07, 6.45) is -14.7. The third kappa shape index (κ3) is 3.95. The Balaban J connectivity index is 4.84. The number of methoxy groups -OCH3 is 1. The third-order valence-corrected chi connectivity index (χ3v) is 1.17. The molecule has 4 nitrogen and oxygen atoms in total. The van der Waals surface area contributed by atoms with Crippen LogP contribution in [0.5, 0.6) is 0 Å². The Morgan fingerprint density at radius 2 is 1.50 bits per heavy atom. The van der Waals surface area contributed by atoms with Gasteiger partial charge in [-0.25, -0.2) is 9.59 Å². The lowest BCUT2D eigenvalue weighted by Gasteiger charge is -2.18. The topological polar surface area (TPSA) is 52.6 Å². The van der Waals surface area contributed by atoms with Crippen molar-refractivity contribution in [2.75, 3.05) is 7.11 Å². The first-order valence-corrected chi connectivity index (χ1v) is 3.42. The third-order valence-electron chi connectivity index (χ3n) is 1.17. The molecule has 0 radical (unpaired) electrons. The molecule has 0 saturated carbocycles. The Bertz CT molecular complexity index is 280. The molecule has 0 bridgehead atoms. The molecule has 0 aromatic carbocycles.